The van der Waals surface area contributed by atoms with Crippen molar-refractivity contribution in [3.05, 3.63) is 27.1 Å². The minimum absolute atomic E-state index is 0.226. The molecule has 1 aromatic rings. The van der Waals surface area contributed by atoms with E-state index in [1.54, 1.807) is 6.07 Å². The third-order valence-electron chi connectivity index (χ3n) is 3.63. The maximum absolute atomic E-state index is 10.6. The summed E-state index contributed by atoms with van der Waals surface area (Å²) in [6, 6.07) is 2.29. The first-order chi connectivity index (χ1) is 9.06. The van der Waals surface area contributed by atoms with E-state index in [1.165, 1.54) is 24.3 Å². The van der Waals surface area contributed by atoms with Crippen molar-refractivity contribution in [3.8, 4) is 0 Å². The molecule has 1 aromatic heterocycles. The Morgan fingerprint density at radius 3 is 3.00 bits per heavy atom. The Bertz CT molecular complexity index is 433. The number of nitrogens with one attached hydrogen (secondary N) is 1. The van der Waals surface area contributed by atoms with Gasteiger partial charge in [-0.05, 0) is 44.8 Å². The van der Waals surface area contributed by atoms with Crippen molar-refractivity contribution >= 4 is 16.3 Å². The Labute approximate surface area is 117 Å². The molecule has 2 rings (SSSR count). The molecule has 0 spiro atoms. The highest BCUT2D eigenvalue weighted by Crippen LogP contribution is 2.22. The molecule has 6 heteroatoms. The smallest absolute Gasteiger partial charge is 0.312 e. The van der Waals surface area contributed by atoms with Gasteiger partial charge in [0.05, 0.1) is 4.92 Å². The van der Waals surface area contributed by atoms with Crippen LogP contribution in [0.2, 0.25) is 0 Å². The van der Waals surface area contributed by atoms with Gasteiger partial charge in [-0.25, -0.2) is 0 Å². The van der Waals surface area contributed by atoms with E-state index < -0.39 is 0 Å². The molecule has 1 N–H and O–H groups in total. The van der Waals surface area contributed by atoms with Crippen LogP contribution in [0.5, 0.6) is 0 Å². The SMILES string of the molecule is CC(C)N1CCC(CNCc2csc([N+](=O)[O-])c2)C1. The lowest BCUT2D eigenvalue weighted by Gasteiger charge is -2.20. The molecular weight excluding hydrogens is 262 g/mol. The molecule has 1 saturated heterocycles. The van der Waals surface area contributed by atoms with Crippen molar-refractivity contribution in [3.63, 3.8) is 0 Å². The standard InChI is InChI=1S/C13H21N3O2S/c1-10(2)15-4-3-11(8-15)6-14-7-12-5-13(16(17)18)19-9-12/h5,9-11,14H,3-4,6-8H2,1-2H3. The van der Waals surface area contributed by atoms with Gasteiger partial charge in [0.15, 0.2) is 0 Å². The van der Waals surface area contributed by atoms with E-state index in [0.717, 1.165) is 25.2 Å². The summed E-state index contributed by atoms with van der Waals surface area (Å²) in [5, 5.41) is 16.1. The van der Waals surface area contributed by atoms with Crippen LogP contribution in [0.25, 0.3) is 0 Å². The lowest BCUT2D eigenvalue weighted by molar-refractivity contribution is -0.380. The predicted molar refractivity (Wildman–Crippen MR) is 77.5 cm³/mol. The van der Waals surface area contributed by atoms with Crippen LogP contribution < -0.4 is 5.32 Å². The van der Waals surface area contributed by atoms with Crippen LogP contribution in [0, 0.1) is 16.0 Å². The lowest BCUT2D eigenvalue weighted by atomic mass is 10.1. The Morgan fingerprint density at radius 2 is 2.42 bits per heavy atom. The van der Waals surface area contributed by atoms with Crippen LogP contribution in [0.4, 0.5) is 5.00 Å². The summed E-state index contributed by atoms with van der Waals surface area (Å²) < 4.78 is 0. The van der Waals surface area contributed by atoms with Gasteiger partial charge in [0.2, 0.25) is 0 Å². The van der Waals surface area contributed by atoms with Crippen LogP contribution in [0.3, 0.4) is 0 Å². The number of hydrogen-bond acceptors (Lipinski definition) is 5. The third kappa shape index (κ3) is 3.99. The van der Waals surface area contributed by atoms with Crippen LogP contribution in [0.1, 0.15) is 25.8 Å². The summed E-state index contributed by atoms with van der Waals surface area (Å²) in [6.07, 6.45) is 1.25. The second kappa shape index (κ2) is 6.45. The van der Waals surface area contributed by atoms with Gasteiger partial charge in [0.25, 0.3) is 0 Å². The molecule has 0 radical (unpaired) electrons. The number of hydrogen-bond donors (Lipinski definition) is 1. The lowest BCUT2D eigenvalue weighted by Crippen LogP contribution is -2.30. The highest BCUT2D eigenvalue weighted by molar-refractivity contribution is 7.13. The maximum atomic E-state index is 10.6. The molecule has 5 nitrogen and oxygen atoms in total. The Balaban J connectivity index is 1.70. The molecule has 0 aromatic carbocycles. The molecule has 0 bridgehead atoms. The number of likely N-dealkylation sites (tertiary alicyclic amines) is 1. The minimum atomic E-state index is -0.328. The van der Waals surface area contributed by atoms with E-state index in [0.29, 0.717) is 12.0 Å². The van der Waals surface area contributed by atoms with E-state index in [-0.39, 0.29) is 9.92 Å². The molecule has 1 aliphatic heterocycles. The zero-order valence-electron chi connectivity index (χ0n) is 11.5. The summed E-state index contributed by atoms with van der Waals surface area (Å²) in [4.78, 5) is 12.8. The number of thiophene rings is 1. The fourth-order valence-corrected chi connectivity index (χ4v) is 3.20. The van der Waals surface area contributed by atoms with Gasteiger partial charge < -0.3 is 10.2 Å². The molecule has 19 heavy (non-hydrogen) atoms. The van der Waals surface area contributed by atoms with Crippen LogP contribution in [-0.2, 0) is 6.54 Å². The monoisotopic (exact) mass is 283 g/mol. The summed E-state index contributed by atoms with van der Waals surface area (Å²) in [6.45, 7) is 8.54. The third-order valence-corrected chi connectivity index (χ3v) is 4.56. The Kier molecular flexibility index (Phi) is 4.90. The molecule has 106 valence electrons. The molecule has 1 fully saturated rings. The number of nitro groups is 1. The highest BCUT2D eigenvalue weighted by atomic mass is 32.1. The first kappa shape index (κ1) is 14.4. The van der Waals surface area contributed by atoms with Crippen molar-refractivity contribution in [1.29, 1.82) is 0 Å². The average molecular weight is 283 g/mol. The average Bonchev–Trinajstić information content (AvgIpc) is 2.97. The first-order valence-electron chi connectivity index (χ1n) is 6.73. The summed E-state index contributed by atoms with van der Waals surface area (Å²) >= 11 is 1.20. The van der Waals surface area contributed by atoms with Gasteiger partial charge in [0, 0.05) is 30.6 Å². The Morgan fingerprint density at radius 1 is 1.63 bits per heavy atom. The molecular formula is C13H21N3O2S. The molecule has 1 aliphatic rings. The van der Waals surface area contributed by atoms with Crippen molar-refractivity contribution in [2.75, 3.05) is 19.6 Å². The van der Waals surface area contributed by atoms with Crippen LogP contribution in [-0.4, -0.2) is 35.5 Å². The summed E-state index contributed by atoms with van der Waals surface area (Å²) in [5.41, 5.74) is 1.01. The second-order valence-electron chi connectivity index (χ2n) is 5.42. The quantitative estimate of drug-likeness (QED) is 0.643. The molecule has 2 heterocycles. The van der Waals surface area contributed by atoms with Gasteiger partial charge in [-0.3, -0.25) is 10.1 Å². The predicted octanol–water partition coefficient (Wildman–Crippen LogP) is 2.48. The van der Waals surface area contributed by atoms with Gasteiger partial charge in [-0.1, -0.05) is 11.3 Å². The highest BCUT2D eigenvalue weighted by Gasteiger charge is 2.23. The summed E-state index contributed by atoms with van der Waals surface area (Å²) in [5.74, 6) is 0.705. The normalized spacial score (nSPS) is 20.3. The van der Waals surface area contributed by atoms with Gasteiger partial charge >= 0.3 is 5.00 Å². The maximum Gasteiger partial charge on any atom is 0.324 e. The van der Waals surface area contributed by atoms with E-state index >= 15 is 0 Å². The fourth-order valence-electron chi connectivity index (χ4n) is 2.47. The van der Waals surface area contributed by atoms with Gasteiger partial charge in [-0.2, -0.15) is 0 Å². The van der Waals surface area contributed by atoms with E-state index in [9.17, 15) is 10.1 Å². The molecule has 1 unspecified atom stereocenters. The Hall–Kier alpha value is -0.980. The van der Waals surface area contributed by atoms with E-state index in [4.69, 9.17) is 0 Å². The van der Waals surface area contributed by atoms with Crippen molar-refractivity contribution < 1.29 is 4.92 Å². The minimum Gasteiger partial charge on any atom is -0.312 e. The van der Waals surface area contributed by atoms with E-state index in [1.807, 2.05) is 5.38 Å². The molecule has 0 aliphatic carbocycles. The second-order valence-corrected chi connectivity index (χ2v) is 6.31. The van der Waals surface area contributed by atoms with Crippen LogP contribution >= 0.6 is 11.3 Å². The number of nitrogens with zero attached hydrogens (tertiary/aromatic N) is 2. The van der Waals surface area contributed by atoms with E-state index in [2.05, 4.69) is 24.1 Å². The summed E-state index contributed by atoms with van der Waals surface area (Å²) in [7, 11) is 0. The zero-order valence-corrected chi connectivity index (χ0v) is 12.3. The van der Waals surface area contributed by atoms with Crippen molar-refractivity contribution in [2.24, 2.45) is 5.92 Å². The van der Waals surface area contributed by atoms with Gasteiger partial charge in [0.1, 0.15) is 0 Å². The van der Waals surface area contributed by atoms with Crippen molar-refractivity contribution in [1.82, 2.24) is 10.2 Å². The number of rotatable bonds is 6. The molecule has 1 atom stereocenters. The zero-order chi connectivity index (χ0) is 13.8. The largest absolute Gasteiger partial charge is 0.324 e. The van der Waals surface area contributed by atoms with Crippen molar-refractivity contribution in [2.45, 2.75) is 32.9 Å². The first-order valence-corrected chi connectivity index (χ1v) is 7.61. The topological polar surface area (TPSA) is 58.4 Å². The van der Waals surface area contributed by atoms with Gasteiger partial charge in [-0.15, -0.1) is 0 Å². The molecule has 0 amide bonds. The fraction of sp³-hybridized carbons (Fsp3) is 0.692. The van der Waals surface area contributed by atoms with Crippen LogP contribution in [0.15, 0.2) is 11.4 Å². The molecule has 0 saturated carbocycles.